The molecule has 210 valence electrons. The van der Waals surface area contributed by atoms with Crippen LogP contribution in [-0.2, 0) is 0 Å². The summed E-state index contributed by atoms with van der Waals surface area (Å²) in [7, 11) is 0. The van der Waals surface area contributed by atoms with Crippen LogP contribution in [0.4, 0.5) is 0 Å². The molecule has 9 rings (SSSR count). The molecule has 0 atom stereocenters. The minimum absolute atomic E-state index is 0.622. The van der Waals surface area contributed by atoms with Crippen LogP contribution < -0.4 is 0 Å². The van der Waals surface area contributed by atoms with Crippen molar-refractivity contribution in [2.24, 2.45) is 0 Å². The van der Waals surface area contributed by atoms with E-state index in [-0.39, 0.29) is 0 Å². The van der Waals surface area contributed by atoms with Gasteiger partial charge >= 0.3 is 0 Å². The minimum atomic E-state index is 0.622. The standard InChI is InChI=1S/C41H25N3O/c1-3-13-27(14-4-1)31-20-11-21-36-37(31)35-25-34(32-18-9-10-19-33(32)38(35)45-36)41-43-39(28-15-5-2-6-16-28)42-40(44-41)30-23-22-26-12-7-8-17-29(26)24-30/h1-25H. The SMILES string of the molecule is c1ccc(-c2nc(-c3ccc4ccccc4c3)nc(-c3cc4c(oc5cccc(-c6ccccc6)c54)c4ccccc34)n2)cc1. The number of benzene rings is 7. The van der Waals surface area contributed by atoms with Crippen LogP contribution in [0, 0.1) is 0 Å². The molecule has 7 aromatic carbocycles. The quantitative estimate of drug-likeness (QED) is 0.209. The van der Waals surface area contributed by atoms with Crippen molar-refractivity contribution in [1.29, 1.82) is 0 Å². The first-order valence-electron chi connectivity index (χ1n) is 15.0. The summed E-state index contributed by atoms with van der Waals surface area (Å²) in [5.41, 5.74) is 6.81. The Morgan fingerprint density at radius 3 is 1.82 bits per heavy atom. The highest BCUT2D eigenvalue weighted by Gasteiger charge is 2.20. The largest absolute Gasteiger partial charge is 0.455 e. The second-order valence-corrected chi connectivity index (χ2v) is 11.2. The van der Waals surface area contributed by atoms with E-state index in [4.69, 9.17) is 19.4 Å². The predicted molar refractivity (Wildman–Crippen MR) is 184 cm³/mol. The molecule has 0 aliphatic heterocycles. The summed E-state index contributed by atoms with van der Waals surface area (Å²) >= 11 is 0. The third-order valence-corrected chi connectivity index (χ3v) is 8.50. The average molecular weight is 576 g/mol. The van der Waals surface area contributed by atoms with Gasteiger partial charge in [0, 0.05) is 32.8 Å². The lowest BCUT2D eigenvalue weighted by atomic mass is 9.96. The molecule has 2 aromatic heterocycles. The smallest absolute Gasteiger partial charge is 0.164 e. The zero-order chi connectivity index (χ0) is 29.7. The second-order valence-electron chi connectivity index (χ2n) is 11.2. The van der Waals surface area contributed by atoms with E-state index in [0.29, 0.717) is 17.5 Å². The minimum Gasteiger partial charge on any atom is -0.455 e. The zero-order valence-electron chi connectivity index (χ0n) is 24.2. The van der Waals surface area contributed by atoms with E-state index in [1.807, 2.05) is 42.5 Å². The summed E-state index contributed by atoms with van der Waals surface area (Å²) in [6.07, 6.45) is 0. The lowest BCUT2D eigenvalue weighted by molar-refractivity contribution is 0.673. The summed E-state index contributed by atoms with van der Waals surface area (Å²) in [5.74, 6) is 1.89. The molecule has 0 aliphatic rings. The van der Waals surface area contributed by atoms with E-state index in [1.54, 1.807) is 0 Å². The maximum Gasteiger partial charge on any atom is 0.164 e. The molecule has 0 spiro atoms. The second kappa shape index (κ2) is 10.2. The first kappa shape index (κ1) is 25.4. The fourth-order valence-electron chi connectivity index (χ4n) is 6.36. The average Bonchev–Trinajstić information content (AvgIpc) is 3.51. The van der Waals surface area contributed by atoms with Crippen LogP contribution in [0.15, 0.2) is 156 Å². The molecule has 2 heterocycles. The van der Waals surface area contributed by atoms with Crippen molar-refractivity contribution < 1.29 is 4.42 Å². The topological polar surface area (TPSA) is 51.8 Å². The van der Waals surface area contributed by atoms with E-state index in [2.05, 4.69) is 109 Å². The molecule has 0 saturated carbocycles. The van der Waals surface area contributed by atoms with Crippen molar-refractivity contribution in [3.8, 4) is 45.3 Å². The zero-order valence-corrected chi connectivity index (χ0v) is 24.2. The Hall–Kier alpha value is -6.13. The first-order chi connectivity index (χ1) is 22.3. The van der Waals surface area contributed by atoms with Crippen LogP contribution in [-0.4, -0.2) is 15.0 Å². The lowest BCUT2D eigenvalue weighted by Gasteiger charge is -2.11. The number of nitrogens with zero attached hydrogens (tertiary/aromatic N) is 3. The maximum atomic E-state index is 6.59. The number of fused-ring (bicyclic) bond motifs is 6. The highest BCUT2D eigenvalue weighted by atomic mass is 16.3. The van der Waals surface area contributed by atoms with Gasteiger partial charge in [-0.25, -0.2) is 15.0 Å². The van der Waals surface area contributed by atoms with Crippen molar-refractivity contribution in [1.82, 2.24) is 15.0 Å². The molecular formula is C41H25N3O. The highest BCUT2D eigenvalue weighted by Crippen LogP contribution is 2.42. The van der Waals surface area contributed by atoms with Crippen LogP contribution in [0.3, 0.4) is 0 Å². The van der Waals surface area contributed by atoms with Crippen LogP contribution in [0.25, 0.3) is 88.8 Å². The molecular weight excluding hydrogens is 550 g/mol. The van der Waals surface area contributed by atoms with Crippen LogP contribution in [0.5, 0.6) is 0 Å². The van der Waals surface area contributed by atoms with E-state index in [1.165, 1.54) is 5.39 Å². The number of hydrogen-bond acceptors (Lipinski definition) is 4. The summed E-state index contributed by atoms with van der Waals surface area (Å²) < 4.78 is 6.59. The molecule has 0 saturated heterocycles. The van der Waals surface area contributed by atoms with Gasteiger partial charge in [0.1, 0.15) is 11.2 Å². The van der Waals surface area contributed by atoms with Crippen molar-refractivity contribution in [2.75, 3.05) is 0 Å². The summed E-state index contributed by atoms with van der Waals surface area (Å²) in [4.78, 5) is 15.3. The van der Waals surface area contributed by atoms with Gasteiger partial charge in [0.05, 0.1) is 0 Å². The van der Waals surface area contributed by atoms with Gasteiger partial charge in [0.25, 0.3) is 0 Å². The van der Waals surface area contributed by atoms with Crippen molar-refractivity contribution in [2.45, 2.75) is 0 Å². The fourth-order valence-corrected chi connectivity index (χ4v) is 6.36. The normalized spacial score (nSPS) is 11.6. The number of furan rings is 1. The van der Waals surface area contributed by atoms with E-state index >= 15 is 0 Å². The summed E-state index contributed by atoms with van der Waals surface area (Å²) in [6.45, 7) is 0. The molecule has 0 radical (unpaired) electrons. The van der Waals surface area contributed by atoms with E-state index in [9.17, 15) is 0 Å². The Morgan fingerprint density at radius 2 is 1.02 bits per heavy atom. The third-order valence-electron chi connectivity index (χ3n) is 8.50. The monoisotopic (exact) mass is 575 g/mol. The number of rotatable bonds is 4. The number of hydrogen-bond donors (Lipinski definition) is 0. The van der Waals surface area contributed by atoms with Crippen LogP contribution in [0.2, 0.25) is 0 Å². The van der Waals surface area contributed by atoms with Crippen LogP contribution >= 0.6 is 0 Å². The van der Waals surface area contributed by atoms with E-state index < -0.39 is 0 Å². The summed E-state index contributed by atoms with van der Waals surface area (Å²) in [5, 5.41) is 6.48. The predicted octanol–water partition coefficient (Wildman–Crippen LogP) is 10.7. The Balaban J connectivity index is 1.35. The van der Waals surface area contributed by atoms with Gasteiger partial charge in [-0.15, -0.1) is 0 Å². The molecule has 0 unspecified atom stereocenters. The number of aromatic nitrogens is 3. The van der Waals surface area contributed by atoms with Crippen LogP contribution in [0.1, 0.15) is 0 Å². The van der Waals surface area contributed by atoms with Crippen molar-refractivity contribution in [3.05, 3.63) is 152 Å². The first-order valence-corrected chi connectivity index (χ1v) is 15.0. The third kappa shape index (κ3) is 4.27. The van der Waals surface area contributed by atoms with Crippen molar-refractivity contribution in [3.63, 3.8) is 0 Å². The van der Waals surface area contributed by atoms with Gasteiger partial charge in [-0.1, -0.05) is 133 Å². The van der Waals surface area contributed by atoms with Gasteiger partial charge in [-0.2, -0.15) is 0 Å². The Morgan fingerprint density at radius 1 is 0.378 bits per heavy atom. The molecule has 45 heavy (non-hydrogen) atoms. The molecule has 0 fully saturated rings. The van der Waals surface area contributed by atoms with Gasteiger partial charge in [0.15, 0.2) is 17.5 Å². The molecule has 0 N–H and O–H groups in total. The van der Waals surface area contributed by atoms with Gasteiger partial charge in [0.2, 0.25) is 0 Å². The lowest BCUT2D eigenvalue weighted by Crippen LogP contribution is -2.00. The highest BCUT2D eigenvalue weighted by molar-refractivity contribution is 6.21. The Labute approximate surface area is 259 Å². The molecule has 0 amide bonds. The molecule has 0 aliphatic carbocycles. The molecule has 0 bridgehead atoms. The van der Waals surface area contributed by atoms with E-state index in [0.717, 1.165) is 65.9 Å². The molecule has 9 aromatic rings. The molecule has 4 nitrogen and oxygen atoms in total. The Kier molecular flexibility index (Phi) is 5.78. The maximum absolute atomic E-state index is 6.59. The van der Waals surface area contributed by atoms with Crippen molar-refractivity contribution >= 4 is 43.5 Å². The summed E-state index contributed by atoms with van der Waals surface area (Å²) in [6, 6.07) is 52.1. The van der Waals surface area contributed by atoms with Gasteiger partial charge in [-0.05, 0) is 45.5 Å². The Bertz CT molecular complexity index is 2540. The fraction of sp³-hybridized carbons (Fsp3) is 0. The molecule has 4 heteroatoms. The van der Waals surface area contributed by atoms with Gasteiger partial charge < -0.3 is 4.42 Å². The van der Waals surface area contributed by atoms with Gasteiger partial charge in [-0.3, -0.25) is 0 Å².